The van der Waals surface area contributed by atoms with Crippen molar-refractivity contribution < 1.29 is 0 Å². The minimum absolute atomic E-state index is 0.633. The van der Waals surface area contributed by atoms with E-state index in [4.69, 9.17) is 0 Å². The summed E-state index contributed by atoms with van der Waals surface area (Å²) in [6, 6.07) is 0.633. The van der Waals surface area contributed by atoms with Crippen LogP contribution >= 0.6 is 12.8 Å². The Morgan fingerprint density at radius 1 is 1.40 bits per heavy atom. The first-order valence-corrected chi connectivity index (χ1v) is 4.36. The highest BCUT2D eigenvalue weighted by molar-refractivity contribution is 7.78. The van der Waals surface area contributed by atoms with Gasteiger partial charge >= 0.3 is 0 Å². The van der Waals surface area contributed by atoms with Crippen molar-refractivity contribution in [2.45, 2.75) is 25.3 Å². The van der Waals surface area contributed by atoms with Gasteiger partial charge in [-0.15, -0.1) is 0 Å². The van der Waals surface area contributed by atoms with Crippen molar-refractivity contribution in [2.75, 3.05) is 20.1 Å². The normalized spacial score (nSPS) is 30.0. The van der Waals surface area contributed by atoms with E-state index in [1.807, 2.05) is 0 Å². The van der Waals surface area contributed by atoms with E-state index in [-0.39, 0.29) is 0 Å². The molecule has 0 aromatic rings. The second kappa shape index (κ2) is 4.21. The average Bonchev–Trinajstić information content (AvgIpc) is 2.14. The van der Waals surface area contributed by atoms with Gasteiger partial charge in [-0.1, -0.05) is 12.8 Å². The number of rotatable bonds is 1. The zero-order valence-electron chi connectivity index (χ0n) is 6.51. The van der Waals surface area contributed by atoms with Crippen molar-refractivity contribution >= 4 is 12.8 Å². The summed E-state index contributed by atoms with van der Waals surface area (Å²) in [4.78, 5) is 2.38. The van der Waals surface area contributed by atoms with Crippen LogP contribution in [0.4, 0.5) is 0 Å². The predicted octanol–water partition coefficient (Wildman–Crippen LogP) is 0.905. The predicted molar refractivity (Wildman–Crippen MR) is 47.3 cm³/mol. The van der Waals surface area contributed by atoms with Gasteiger partial charge in [0.05, 0.1) is 0 Å². The first-order valence-electron chi connectivity index (χ1n) is 3.91. The first kappa shape index (κ1) is 8.37. The van der Waals surface area contributed by atoms with Gasteiger partial charge in [0.1, 0.15) is 0 Å². The third kappa shape index (κ3) is 2.48. The second-order valence-corrected chi connectivity index (χ2v) is 3.32. The molecule has 60 valence electrons. The van der Waals surface area contributed by atoms with Crippen LogP contribution in [0, 0.1) is 0 Å². The Hall–Kier alpha value is 0.270. The molecule has 1 heterocycles. The lowest BCUT2D eigenvalue weighted by Crippen LogP contribution is -2.23. The molecule has 1 N–H and O–H groups in total. The maximum Gasteiger partial charge on any atom is 0.0182 e. The molecule has 0 saturated carbocycles. The van der Waals surface area contributed by atoms with E-state index in [2.05, 4.69) is 29.5 Å². The molecule has 1 unspecified atom stereocenters. The molecular formula is C7H16N2S. The van der Waals surface area contributed by atoms with E-state index < -0.39 is 0 Å². The molecule has 0 aliphatic carbocycles. The van der Waals surface area contributed by atoms with E-state index in [0.717, 1.165) is 0 Å². The Morgan fingerprint density at radius 3 is 2.90 bits per heavy atom. The maximum absolute atomic E-state index is 4.07. The van der Waals surface area contributed by atoms with E-state index >= 15 is 0 Å². The van der Waals surface area contributed by atoms with Crippen LogP contribution in [0.2, 0.25) is 0 Å². The van der Waals surface area contributed by atoms with Crippen molar-refractivity contribution in [1.29, 1.82) is 0 Å². The molecule has 1 atom stereocenters. The molecule has 0 radical (unpaired) electrons. The fraction of sp³-hybridized carbons (Fsp3) is 1.00. The summed E-state index contributed by atoms with van der Waals surface area (Å²) in [6.45, 7) is 2.45. The highest BCUT2D eigenvalue weighted by atomic mass is 32.1. The fourth-order valence-electron chi connectivity index (χ4n) is 1.37. The molecule has 1 saturated heterocycles. The Bertz CT molecular complexity index is 97.6. The Kier molecular flexibility index (Phi) is 3.52. The molecule has 0 amide bonds. The monoisotopic (exact) mass is 160 g/mol. The zero-order chi connectivity index (χ0) is 7.40. The van der Waals surface area contributed by atoms with E-state index in [1.165, 1.54) is 32.4 Å². The fourth-order valence-corrected chi connectivity index (χ4v) is 1.63. The summed E-state index contributed by atoms with van der Waals surface area (Å²) in [6.07, 6.45) is 3.81. The minimum Gasteiger partial charge on any atom is -0.306 e. The molecule has 3 heteroatoms. The van der Waals surface area contributed by atoms with Crippen LogP contribution in [-0.2, 0) is 0 Å². The Labute approximate surface area is 68.5 Å². The minimum atomic E-state index is 0.633. The van der Waals surface area contributed by atoms with Gasteiger partial charge < -0.3 is 4.90 Å². The molecule has 1 aliphatic heterocycles. The molecule has 1 aliphatic rings. The van der Waals surface area contributed by atoms with Gasteiger partial charge in [0, 0.05) is 6.04 Å². The van der Waals surface area contributed by atoms with Crippen molar-refractivity contribution in [1.82, 2.24) is 9.62 Å². The summed E-state index contributed by atoms with van der Waals surface area (Å²) in [5.74, 6) is 0. The SMILES string of the molecule is CN1CCCC(NS)CC1. The topological polar surface area (TPSA) is 15.3 Å². The summed E-state index contributed by atoms with van der Waals surface area (Å²) in [5, 5.41) is 0. The lowest BCUT2D eigenvalue weighted by atomic mass is 10.1. The lowest BCUT2D eigenvalue weighted by molar-refractivity contribution is 0.347. The van der Waals surface area contributed by atoms with Crippen molar-refractivity contribution in [3.63, 3.8) is 0 Å². The number of likely N-dealkylation sites (tertiary alicyclic amines) is 1. The van der Waals surface area contributed by atoms with E-state index in [9.17, 15) is 0 Å². The molecule has 0 spiro atoms. The van der Waals surface area contributed by atoms with Crippen LogP contribution in [0.5, 0.6) is 0 Å². The van der Waals surface area contributed by atoms with Crippen molar-refractivity contribution in [3.8, 4) is 0 Å². The van der Waals surface area contributed by atoms with Gasteiger partial charge in [-0.3, -0.25) is 4.72 Å². The third-order valence-electron chi connectivity index (χ3n) is 2.13. The van der Waals surface area contributed by atoms with Crippen LogP contribution in [0.1, 0.15) is 19.3 Å². The largest absolute Gasteiger partial charge is 0.306 e. The summed E-state index contributed by atoms with van der Waals surface area (Å²) < 4.78 is 3.03. The van der Waals surface area contributed by atoms with Crippen molar-refractivity contribution in [3.05, 3.63) is 0 Å². The highest BCUT2D eigenvalue weighted by Gasteiger charge is 2.12. The third-order valence-corrected chi connectivity index (χ3v) is 2.50. The van der Waals surface area contributed by atoms with Gasteiger partial charge in [0.15, 0.2) is 0 Å². The second-order valence-electron chi connectivity index (χ2n) is 3.06. The zero-order valence-corrected chi connectivity index (χ0v) is 7.40. The van der Waals surface area contributed by atoms with E-state index in [0.29, 0.717) is 6.04 Å². The van der Waals surface area contributed by atoms with Crippen LogP contribution in [0.15, 0.2) is 0 Å². The number of hydrogen-bond donors (Lipinski definition) is 2. The van der Waals surface area contributed by atoms with Gasteiger partial charge in [-0.2, -0.15) is 0 Å². The number of nitrogens with one attached hydrogen (secondary N) is 1. The van der Waals surface area contributed by atoms with Gasteiger partial charge in [0.2, 0.25) is 0 Å². The first-order chi connectivity index (χ1) is 4.83. The molecule has 1 fully saturated rings. The summed E-state index contributed by atoms with van der Waals surface area (Å²) in [7, 11) is 2.18. The quantitative estimate of drug-likeness (QED) is 0.554. The highest BCUT2D eigenvalue weighted by Crippen LogP contribution is 2.09. The smallest absolute Gasteiger partial charge is 0.0182 e. The standard InChI is InChI=1S/C7H16N2S/c1-9-5-2-3-7(8-10)4-6-9/h7-8,10H,2-6H2,1H3. The average molecular weight is 160 g/mol. The van der Waals surface area contributed by atoms with Crippen LogP contribution in [0.3, 0.4) is 0 Å². The van der Waals surface area contributed by atoms with Crippen LogP contribution in [0.25, 0.3) is 0 Å². The van der Waals surface area contributed by atoms with Gasteiger partial charge in [0.25, 0.3) is 0 Å². The number of thiol groups is 1. The molecular weight excluding hydrogens is 144 g/mol. The Balaban J connectivity index is 2.26. The van der Waals surface area contributed by atoms with Gasteiger partial charge in [-0.25, -0.2) is 0 Å². The molecule has 10 heavy (non-hydrogen) atoms. The molecule has 0 aromatic carbocycles. The molecule has 2 nitrogen and oxygen atoms in total. The summed E-state index contributed by atoms with van der Waals surface area (Å²) in [5.41, 5.74) is 0. The lowest BCUT2D eigenvalue weighted by Gasteiger charge is -2.12. The number of nitrogens with zero attached hydrogens (tertiary/aromatic N) is 1. The molecule has 0 aromatic heterocycles. The summed E-state index contributed by atoms with van der Waals surface area (Å²) >= 11 is 4.07. The van der Waals surface area contributed by atoms with Crippen LogP contribution in [-0.4, -0.2) is 31.1 Å². The number of hydrogen-bond acceptors (Lipinski definition) is 3. The van der Waals surface area contributed by atoms with Gasteiger partial charge in [-0.05, 0) is 39.4 Å². The Morgan fingerprint density at radius 2 is 2.20 bits per heavy atom. The maximum atomic E-state index is 4.07. The van der Waals surface area contributed by atoms with E-state index in [1.54, 1.807) is 0 Å². The molecule has 1 rings (SSSR count). The van der Waals surface area contributed by atoms with Crippen LogP contribution < -0.4 is 4.72 Å². The van der Waals surface area contributed by atoms with Crippen molar-refractivity contribution in [2.24, 2.45) is 0 Å². The molecule has 0 bridgehead atoms.